The number of likely N-dealkylation sites (tertiary alicyclic amines) is 1. The van der Waals surface area contributed by atoms with Crippen molar-refractivity contribution in [3.05, 3.63) is 30.3 Å². The highest BCUT2D eigenvalue weighted by Crippen LogP contribution is 2.37. The van der Waals surface area contributed by atoms with Crippen molar-refractivity contribution in [2.24, 2.45) is 5.92 Å². The molecule has 17 heteroatoms. The molecule has 4 rings (SSSR count). The Labute approximate surface area is 332 Å². The number of rotatable bonds is 18. The van der Waals surface area contributed by atoms with Gasteiger partial charge in [-0.15, -0.1) is 0 Å². The Morgan fingerprint density at radius 1 is 0.929 bits per heavy atom. The van der Waals surface area contributed by atoms with Gasteiger partial charge in [-0.1, -0.05) is 60.9 Å². The second-order valence-corrected chi connectivity index (χ2v) is 16.1. The highest BCUT2D eigenvalue weighted by Gasteiger charge is 2.42. The van der Waals surface area contributed by atoms with Crippen molar-refractivity contribution in [1.29, 1.82) is 0 Å². The normalized spacial score (nSPS) is 17.1. The summed E-state index contributed by atoms with van der Waals surface area (Å²) in [5, 5.41) is 18.1. The summed E-state index contributed by atoms with van der Waals surface area (Å²) >= 11 is 1.10. The second-order valence-electron chi connectivity index (χ2n) is 15.1. The summed E-state index contributed by atoms with van der Waals surface area (Å²) in [4.78, 5) is 85.5. The average Bonchev–Trinajstić information content (AvgIpc) is 3.81. The largest absolute Gasteiger partial charge is 0.481 e. The first kappa shape index (κ1) is 44.1. The lowest BCUT2D eigenvalue weighted by Crippen LogP contribution is -2.58. The summed E-state index contributed by atoms with van der Waals surface area (Å²) in [6.07, 6.45) is 4.70. The molecule has 2 fully saturated rings. The van der Waals surface area contributed by atoms with Crippen LogP contribution in [0, 0.1) is 5.92 Å². The van der Waals surface area contributed by atoms with E-state index in [9.17, 15) is 28.8 Å². The van der Waals surface area contributed by atoms with E-state index in [1.165, 1.54) is 11.9 Å². The number of carboxylic acid groups (broad SMARTS) is 1. The molecule has 1 saturated heterocycles. The molecule has 2 aromatic rings. The van der Waals surface area contributed by atoms with Gasteiger partial charge < -0.3 is 40.2 Å². The number of hydrogen-bond donors (Lipinski definition) is 4. The number of carboxylic acids is 1. The van der Waals surface area contributed by atoms with Crippen LogP contribution in [0.4, 0.5) is 14.9 Å². The van der Waals surface area contributed by atoms with Crippen molar-refractivity contribution in [2.45, 2.75) is 109 Å². The number of anilines is 2. The van der Waals surface area contributed by atoms with Crippen molar-refractivity contribution in [3.63, 3.8) is 0 Å². The molecule has 0 radical (unpaired) electrons. The molecule has 2 heterocycles. The van der Waals surface area contributed by atoms with Gasteiger partial charge in [-0.3, -0.25) is 28.9 Å². The van der Waals surface area contributed by atoms with Crippen LogP contribution in [-0.4, -0.2) is 119 Å². The summed E-state index contributed by atoms with van der Waals surface area (Å²) in [5.41, 5.74) is 0.431. The molecule has 308 valence electrons. The van der Waals surface area contributed by atoms with Crippen LogP contribution in [0.15, 0.2) is 30.3 Å². The second kappa shape index (κ2) is 21.1. The van der Waals surface area contributed by atoms with E-state index in [0.29, 0.717) is 30.1 Å². The predicted molar refractivity (Wildman–Crippen MR) is 210 cm³/mol. The number of hydrogen-bond acceptors (Lipinski definition) is 11. The molecule has 1 aliphatic heterocycles. The van der Waals surface area contributed by atoms with Crippen LogP contribution in [-0.2, 0) is 38.2 Å². The Bertz CT molecular complexity index is 1660. The van der Waals surface area contributed by atoms with E-state index in [2.05, 4.69) is 20.9 Å². The zero-order valence-corrected chi connectivity index (χ0v) is 33.8. The van der Waals surface area contributed by atoms with Crippen LogP contribution in [0.5, 0.6) is 0 Å². The van der Waals surface area contributed by atoms with Gasteiger partial charge >= 0.3 is 12.1 Å². The fourth-order valence-electron chi connectivity index (χ4n) is 6.55. The average molecular weight is 801 g/mol. The lowest BCUT2D eigenvalue weighted by Gasteiger charge is -2.36. The Hall–Kier alpha value is -4.61. The third kappa shape index (κ3) is 13.3. The van der Waals surface area contributed by atoms with Gasteiger partial charge in [0.25, 0.3) is 0 Å². The molecule has 16 nitrogen and oxygen atoms in total. The molecule has 1 aromatic carbocycles. The van der Waals surface area contributed by atoms with E-state index in [1.807, 2.05) is 30.3 Å². The molecule has 0 spiro atoms. The van der Waals surface area contributed by atoms with Crippen molar-refractivity contribution in [1.82, 2.24) is 20.1 Å². The minimum absolute atomic E-state index is 0.0327. The minimum atomic E-state index is -0.947. The maximum absolute atomic E-state index is 14.4. The molecule has 56 heavy (non-hydrogen) atoms. The molecule has 1 aliphatic carbocycles. The van der Waals surface area contributed by atoms with Gasteiger partial charge in [0.1, 0.15) is 34.4 Å². The number of carbonyl (C=O) groups is 6. The smallest absolute Gasteiger partial charge is 0.410 e. The molecule has 0 bridgehead atoms. The van der Waals surface area contributed by atoms with Crippen LogP contribution < -0.4 is 16.0 Å². The highest BCUT2D eigenvalue weighted by atomic mass is 32.1. The van der Waals surface area contributed by atoms with Gasteiger partial charge in [-0.05, 0) is 59.3 Å². The van der Waals surface area contributed by atoms with Gasteiger partial charge in [0.2, 0.25) is 23.6 Å². The fraction of sp³-hybridized carbons (Fsp3) is 0.615. The number of ether oxygens (including phenoxy) is 3. The molecule has 1 aromatic heterocycles. The van der Waals surface area contributed by atoms with Crippen molar-refractivity contribution >= 4 is 57.2 Å². The van der Waals surface area contributed by atoms with Crippen LogP contribution in [0.25, 0.3) is 11.3 Å². The summed E-state index contributed by atoms with van der Waals surface area (Å²) in [6, 6.07) is 6.62. The molecular formula is C39H56N6O10S. The maximum atomic E-state index is 14.4. The van der Waals surface area contributed by atoms with Gasteiger partial charge in [0.15, 0.2) is 5.13 Å². The van der Waals surface area contributed by atoms with Gasteiger partial charge in [0, 0.05) is 19.2 Å². The first-order valence-electron chi connectivity index (χ1n) is 19.3. The van der Waals surface area contributed by atoms with E-state index >= 15 is 0 Å². The van der Waals surface area contributed by atoms with E-state index in [1.54, 1.807) is 32.6 Å². The van der Waals surface area contributed by atoms with Crippen LogP contribution in [0.2, 0.25) is 0 Å². The Balaban J connectivity index is 1.44. The predicted octanol–water partition coefficient (Wildman–Crippen LogP) is 4.90. The van der Waals surface area contributed by atoms with Gasteiger partial charge in [-0.2, -0.15) is 0 Å². The summed E-state index contributed by atoms with van der Waals surface area (Å²) < 4.78 is 16.1. The molecule has 5 amide bonds. The van der Waals surface area contributed by atoms with Gasteiger partial charge in [-0.25, -0.2) is 9.78 Å². The number of aromatic nitrogens is 1. The van der Waals surface area contributed by atoms with E-state index in [-0.39, 0.29) is 62.1 Å². The topological polar surface area (TPSA) is 206 Å². The van der Waals surface area contributed by atoms with Crippen LogP contribution in [0.1, 0.15) is 85.5 Å². The first-order chi connectivity index (χ1) is 26.6. The lowest BCUT2D eigenvalue weighted by atomic mass is 9.83. The fourth-order valence-corrected chi connectivity index (χ4v) is 7.45. The summed E-state index contributed by atoms with van der Waals surface area (Å²) in [5.74, 6) is -2.63. The number of likely N-dealkylation sites (N-methyl/N-ethyl adjacent to an activating group) is 1. The van der Waals surface area contributed by atoms with Crippen LogP contribution in [0.3, 0.4) is 0 Å². The van der Waals surface area contributed by atoms with E-state index < -0.39 is 47.6 Å². The SMILES string of the molecule is CC(C(=O)NC(C(=O)N1CCCC1C(=O)Nc1sc(NC(=O)CCOCCOCCC(=O)O)nc1-c1ccccc1)C1CCCCC1)N(C)C(=O)OC(C)(C)C. The molecular weight excluding hydrogens is 745 g/mol. The highest BCUT2D eigenvalue weighted by molar-refractivity contribution is 7.20. The van der Waals surface area contributed by atoms with Crippen molar-refractivity contribution in [3.8, 4) is 11.3 Å². The number of amides is 5. The number of nitrogens with one attached hydrogen (secondary N) is 3. The number of carbonyl (C=O) groups excluding carboxylic acids is 5. The molecule has 1 saturated carbocycles. The van der Waals surface area contributed by atoms with Crippen molar-refractivity contribution < 1.29 is 48.1 Å². The lowest BCUT2D eigenvalue weighted by molar-refractivity contribution is -0.142. The number of thiazole rings is 1. The molecule has 3 atom stereocenters. The Morgan fingerprint density at radius 2 is 1.59 bits per heavy atom. The third-order valence-electron chi connectivity index (χ3n) is 9.63. The monoisotopic (exact) mass is 800 g/mol. The van der Waals surface area contributed by atoms with E-state index in [0.717, 1.165) is 49.0 Å². The molecule has 3 unspecified atom stereocenters. The summed E-state index contributed by atoms with van der Waals surface area (Å²) in [7, 11) is 1.48. The first-order valence-corrected chi connectivity index (χ1v) is 20.1. The Kier molecular flexibility index (Phi) is 16.6. The zero-order valence-electron chi connectivity index (χ0n) is 33.0. The summed E-state index contributed by atoms with van der Waals surface area (Å²) in [6.45, 7) is 7.76. The molecule has 2 aliphatic rings. The van der Waals surface area contributed by atoms with Gasteiger partial charge in [0.05, 0.1) is 39.3 Å². The zero-order chi connectivity index (χ0) is 40.8. The standard InChI is InChI=1S/C39H56N6O10S/c1-25(44(5)38(52)55-39(2,3)4)33(49)41-32(27-15-10-7-11-16-27)36(51)45-20-12-17-28(45)34(50)43-35-31(26-13-8-6-9-14-26)42-37(56-35)40-29(46)18-21-53-23-24-54-22-19-30(47)48/h6,8-9,13-14,25,27-28,32H,7,10-12,15-24H2,1-5H3,(H,41,49)(H,43,50)(H,47,48)(H,40,42,46). The molecule has 4 N–H and O–H groups in total. The number of benzene rings is 1. The quantitative estimate of drug-likeness (QED) is 0.149. The van der Waals surface area contributed by atoms with Crippen LogP contribution >= 0.6 is 11.3 Å². The number of nitrogens with zero attached hydrogens (tertiary/aromatic N) is 3. The van der Waals surface area contributed by atoms with E-state index in [4.69, 9.17) is 19.3 Å². The van der Waals surface area contributed by atoms with Crippen molar-refractivity contribution in [2.75, 3.05) is 50.7 Å². The number of aliphatic carboxylic acids is 1. The Morgan fingerprint density at radius 3 is 2.23 bits per heavy atom. The maximum Gasteiger partial charge on any atom is 0.410 e. The minimum Gasteiger partial charge on any atom is -0.481 e. The third-order valence-corrected chi connectivity index (χ3v) is 10.5.